The minimum Gasteiger partial charge on any atom is -0.497 e. The summed E-state index contributed by atoms with van der Waals surface area (Å²) in [4.78, 5) is 0. The number of rotatable bonds is 7. The molecule has 0 aromatic heterocycles. The Bertz CT molecular complexity index is 622. The van der Waals surface area contributed by atoms with E-state index in [0.29, 0.717) is 12.6 Å². The maximum atomic E-state index is 6.08. The van der Waals surface area contributed by atoms with Crippen molar-refractivity contribution in [2.45, 2.75) is 18.9 Å². The predicted octanol–water partition coefficient (Wildman–Crippen LogP) is 2.42. The van der Waals surface area contributed by atoms with Crippen LogP contribution in [0, 0.1) is 0 Å². The molecule has 2 N–H and O–H groups in total. The molecule has 4 nitrogen and oxygen atoms in total. The zero-order valence-electron chi connectivity index (χ0n) is 14.3. The third kappa shape index (κ3) is 4.73. The van der Waals surface area contributed by atoms with Crippen LogP contribution in [0.5, 0.6) is 11.5 Å². The molecule has 1 saturated heterocycles. The summed E-state index contributed by atoms with van der Waals surface area (Å²) in [7, 11) is 1.69. The van der Waals surface area contributed by atoms with Gasteiger partial charge in [0.15, 0.2) is 0 Å². The Morgan fingerprint density at radius 3 is 2.58 bits per heavy atom. The van der Waals surface area contributed by atoms with Crippen molar-refractivity contribution in [3.63, 3.8) is 0 Å². The highest BCUT2D eigenvalue weighted by molar-refractivity contribution is 5.35. The quantitative estimate of drug-likeness (QED) is 0.820. The number of nitrogens with one attached hydrogen (secondary N) is 2. The highest BCUT2D eigenvalue weighted by atomic mass is 16.5. The highest BCUT2D eigenvalue weighted by Gasteiger charge is 2.13. The maximum absolute atomic E-state index is 6.08. The van der Waals surface area contributed by atoms with Crippen molar-refractivity contribution < 1.29 is 9.47 Å². The van der Waals surface area contributed by atoms with Gasteiger partial charge in [-0.1, -0.05) is 30.3 Å². The average Bonchev–Trinajstić information content (AvgIpc) is 2.66. The average molecular weight is 326 g/mol. The molecule has 1 aliphatic rings. The van der Waals surface area contributed by atoms with Crippen molar-refractivity contribution in [1.29, 1.82) is 0 Å². The number of hydrogen-bond acceptors (Lipinski definition) is 4. The van der Waals surface area contributed by atoms with E-state index in [1.165, 1.54) is 11.1 Å². The number of benzene rings is 2. The van der Waals surface area contributed by atoms with Crippen molar-refractivity contribution in [2.75, 3.05) is 33.4 Å². The topological polar surface area (TPSA) is 42.5 Å². The summed E-state index contributed by atoms with van der Waals surface area (Å²) >= 11 is 0. The van der Waals surface area contributed by atoms with Crippen molar-refractivity contribution in [3.8, 4) is 11.5 Å². The summed E-state index contributed by atoms with van der Waals surface area (Å²) in [5.74, 6) is 1.90. The van der Waals surface area contributed by atoms with Gasteiger partial charge in [-0.05, 0) is 42.2 Å². The standard InChI is InChI=1S/C20H26N2O2/c1-23-19-10-7-16(8-11-19)6-9-17-4-2-3-5-20(17)24-15-18-14-21-12-13-22-18/h2-5,7-8,10-11,18,21-22H,6,9,12-15H2,1H3/t18-/m0/s1. The first-order valence-corrected chi connectivity index (χ1v) is 8.63. The van der Waals surface area contributed by atoms with Gasteiger partial charge in [-0.2, -0.15) is 0 Å². The molecule has 1 heterocycles. The number of para-hydroxylation sites is 1. The van der Waals surface area contributed by atoms with Crippen LogP contribution in [0.15, 0.2) is 48.5 Å². The molecular weight excluding hydrogens is 300 g/mol. The minimum atomic E-state index is 0.383. The fourth-order valence-electron chi connectivity index (χ4n) is 2.94. The molecule has 128 valence electrons. The lowest BCUT2D eigenvalue weighted by Crippen LogP contribution is -2.51. The first-order valence-electron chi connectivity index (χ1n) is 8.63. The van der Waals surface area contributed by atoms with Gasteiger partial charge in [-0.25, -0.2) is 0 Å². The Morgan fingerprint density at radius 1 is 1.00 bits per heavy atom. The van der Waals surface area contributed by atoms with Gasteiger partial charge in [0, 0.05) is 19.6 Å². The van der Waals surface area contributed by atoms with Gasteiger partial charge in [0.2, 0.25) is 0 Å². The van der Waals surface area contributed by atoms with Crippen LogP contribution < -0.4 is 20.1 Å². The first kappa shape index (κ1) is 16.8. The molecule has 0 saturated carbocycles. The normalized spacial score (nSPS) is 17.5. The van der Waals surface area contributed by atoms with E-state index in [4.69, 9.17) is 9.47 Å². The molecular formula is C20H26N2O2. The molecule has 1 fully saturated rings. The van der Waals surface area contributed by atoms with E-state index in [1.54, 1.807) is 7.11 Å². The molecule has 2 aromatic rings. The molecule has 0 amide bonds. The van der Waals surface area contributed by atoms with Crippen molar-refractivity contribution in [1.82, 2.24) is 10.6 Å². The van der Waals surface area contributed by atoms with Crippen molar-refractivity contribution in [3.05, 3.63) is 59.7 Å². The lowest BCUT2D eigenvalue weighted by molar-refractivity contribution is 0.245. The van der Waals surface area contributed by atoms with Gasteiger partial charge >= 0.3 is 0 Å². The van der Waals surface area contributed by atoms with Gasteiger partial charge in [-0.3, -0.25) is 0 Å². The van der Waals surface area contributed by atoms with E-state index < -0.39 is 0 Å². The zero-order chi connectivity index (χ0) is 16.6. The Morgan fingerprint density at radius 2 is 1.83 bits per heavy atom. The zero-order valence-corrected chi connectivity index (χ0v) is 14.3. The number of piperazine rings is 1. The Labute approximate surface area is 144 Å². The fourth-order valence-corrected chi connectivity index (χ4v) is 2.94. The summed E-state index contributed by atoms with van der Waals surface area (Å²) in [6.45, 7) is 3.71. The summed E-state index contributed by atoms with van der Waals surface area (Å²) in [6, 6.07) is 17.0. The molecule has 1 atom stereocenters. The van der Waals surface area contributed by atoms with Crippen LogP contribution >= 0.6 is 0 Å². The van der Waals surface area contributed by atoms with Crippen LogP contribution in [-0.4, -0.2) is 39.4 Å². The van der Waals surface area contributed by atoms with E-state index in [-0.39, 0.29) is 0 Å². The third-order valence-corrected chi connectivity index (χ3v) is 4.38. The minimum absolute atomic E-state index is 0.383. The number of ether oxygens (including phenoxy) is 2. The fraction of sp³-hybridized carbons (Fsp3) is 0.400. The number of methoxy groups -OCH3 is 1. The van der Waals surface area contributed by atoms with Crippen LogP contribution in [-0.2, 0) is 12.8 Å². The van der Waals surface area contributed by atoms with E-state index >= 15 is 0 Å². The predicted molar refractivity (Wildman–Crippen MR) is 97.0 cm³/mol. The molecule has 0 radical (unpaired) electrons. The molecule has 3 rings (SSSR count). The molecule has 2 aromatic carbocycles. The Kier molecular flexibility index (Phi) is 6.10. The highest BCUT2D eigenvalue weighted by Crippen LogP contribution is 2.21. The van der Waals surface area contributed by atoms with Crippen LogP contribution in [0.25, 0.3) is 0 Å². The molecule has 24 heavy (non-hydrogen) atoms. The summed E-state index contributed by atoms with van der Waals surface area (Å²) in [6.07, 6.45) is 1.96. The second-order valence-corrected chi connectivity index (χ2v) is 6.12. The number of hydrogen-bond donors (Lipinski definition) is 2. The van der Waals surface area contributed by atoms with Gasteiger partial charge in [0.1, 0.15) is 18.1 Å². The second kappa shape index (κ2) is 8.71. The van der Waals surface area contributed by atoms with E-state index in [9.17, 15) is 0 Å². The smallest absolute Gasteiger partial charge is 0.122 e. The van der Waals surface area contributed by atoms with Crippen molar-refractivity contribution in [2.24, 2.45) is 0 Å². The SMILES string of the molecule is COc1ccc(CCc2ccccc2OC[C@@H]2CNCCN2)cc1. The van der Waals surface area contributed by atoms with E-state index in [2.05, 4.69) is 41.0 Å². The maximum Gasteiger partial charge on any atom is 0.122 e. The lowest BCUT2D eigenvalue weighted by Gasteiger charge is -2.25. The van der Waals surface area contributed by atoms with Gasteiger partial charge in [-0.15, -0.1) is 0 Å². The Hall–Kier alpha value is -2.04. The van der Waals surface area contributed by atoms with Gasteiger partial charge in [0.25, 0.3) is 0 Å². The summed E-state index contributed by atoms with van der Waals surface area (Å²) in [5, 5.41) is 6.87. The van der Waals surface area contributed by atoms with Gasteiger partial charge < -0.3 is 20.1 Å². The van der Waals surface area contributed by atoms with Crippen LogP contribution in [0.1, 0.15) is 11.1 Å². The Balaban J connectivity index is 1.56. The van der Waals surface area contributed by atoms with Crippen molar-refractivity contribution >= 4 is 0 Å². The number of aryl methyl sites for hydroxylation is 2. The van der Waals surface area contributed by atoms with Crippen LogP contribution in [0.2, 0.25) is 0 Å². The van der Waals surface area contributed by atoms with Gasteiger partial charge in [0.05, 0.1) is 13.2 Å². The van der Waals surface area contributed by atoms with Crippen LogP contribution in [0.3, 0.4) is 0 Å². The molecule has 0 bridgehead atoms. The summed E-state index contributed by atoms with van der Waals surface area (Å²) in [5.41, 5.74) is 2.57. The largest absolute Gasteiger partial charge is 0.497 e. The van der Waals surface area contributed by atoms with Crippen LogP contribution in [0.4, 0.5) is 0 Å². The molecule has 0 spiro atoms. The molecule has 4 heteroatoms. The third-order valence-electron chi connectivity index (χ3n) is 4.38. The summed E-state index contributed by atoms with van der Waals surface area (Å²) < 4.78 is 11.3. The second-order valence-electron chi connectivity index (χ2n) is 6.12. The monoisotopic (exact) mass is 326 g/mol. The molecule has 0 aliphatic carbocycles. The first-order chi connectivity index (χ1) is 11.8. The lowest BCUT2D eigenvalue weighted by atomic mass is 10.0. The molecule has 1 aliphatic heterocycles. The molecule has 0 unspecified atom stereocenters. The van der Waals surface area contributed by atoms with E-state index in [1.807, 2.05) is 18.2 Å². The van der Waals surface area contributed by atoms with E-state index in [0.717, 1.165) is 44.0 Å².